The van der Waals surface area contributed by atoms with Gasteiger partial charge in [-0.2, -0.15) is 0 Å². The molecular formula is C20H15Cl8NSi2. The average molecular weight is 609 g/mol. The van der Waals surface area contributed by atoms with E-state index in [4.69, 9.17) is 90.2 Å². The van der Waals surface area contributed by atoms with Gasteiger partial charge in [-0.3, -0.25) is 0 Å². The van der Waals surface area contributed by atoms with Crippen molar-refractivity contribution >= 4 is 130 Å². The number of hydrogen-bond acceptors (Lipinski definition) is 1. The molecule has 0 bridgehead atoms. The van der Waals surface area contributed by atoms with Crippen molar-refractivity contribution in [3.63, 3.8) is 0 Å². The van der Waals surface area contributed by atoms with Crippen molar-refractivity contribution in [2.45, 2.75) is 10.3 Å². The molecule has 3 aromatic carbocycles. The summed E-state index contributed by atoms with van der Waals surface area (Å²) in [6.07, 6.45) is 0. The summed E-state index contributed by atoms with van der Waals surface area (Å²) < 4.78 is -1.50. The Labute approximate surface area is 222 Å². The lowest BCUT2D eigenvalue weighted by atomic mass is 10.1. The molecule has 0 aliphatic heterocycles. The molecule has 0 saturated carbocycles. The minimum absolute atomic E-state index is 0.570. The fraction of sp³-hybridized carbons (Fsp3) is 0.100. The van der Waals surface area contributed by atoms with Crippen LogP contribution in [0.3, 0.4) is 0 Å². The van der Waals surface area contributed by atoms with Crippen molar-refractivity contribution in [3.8, 4) is 0 Å². The van der Waals surface area contributed by atoms with Crippen molar-refractivity contribution in [1.82, 2.24) is 0 Å². The van der Waals surface area contributed by atoms with E-state index < -0.39 is 16.5 Å². The summed E-state index contributed by atoms with van der Waals surface area (Å²) in [5, 5.41) is 1.62. The molecule has 0 spiro atoms. The van der Waals surface area contributed by atoms with Crippen LogP contribution in [0.25, 0.3) is 0 Å². The van der Waals surface area contributed by atoms with Crippen LogP contribution in [0.5, 0.6) is 0 Å². The molecule has 164 valence electrons. The zero-order chi connectivity index (χ0) is 23.0. The molecule has 3 rings (SSSR count). The number of benzene rings is 3. The van der Waals surface area contributed by atoms with Crippen LogP contribution in [0, 0.1) is 0 Å². The Kier molecular flexibility index (Phi) is 8.19. The highest BCUT2D eigenvalue weighted by atomic mass is 35.8. The first-order chi connectivity index (χ1) is 14.3. The zero-order valence-electron chi connectivity index (χ0n) is 15.9. The standard InChI is InChI=1S/C20H15Cl8NSi2/c1-30(24,25)18-10-6-16(7-11-18)29(15-4-2-14(3-5-15)20(21,22)23)17-8-12-19(13-9-17)31(26,27)28/h2-13H,1H3. The number of nitrogens with zero attached hydrogens (tertiary/aromatic N) is 1. The summed E-state index contributed by atoms with van der Waals surface area (Å²) in [5.41, 5.74) is 3.20. The van der Waals surface area contributed by atoms with E-state index in [2.05, 4.69) is 0 Å². The van der Waals surface area contributed by atoms with Crippen LogP contribution in [-0.4, -0.2) is 12.7 Å². The second-order valence-electron chi connectivity index (χ2n) is 6.86. The molecule has 0 fully saturated rings. The largest absolute Gasteiger partial charge is 0.372 e. The predicted molar refractivity (Wildman–Crippen MR) is 146 cm³/mol. The third kappa shape index (κ3) is 6.63. The van der Waals surface area contributed by atoms with Crippen molar-refractivity contribution in [3.05, 3.63) is 78.4 Å². The van der Waals surface area contributed by atoms with Gasteiger partial charge in [0.05, 0.1) is 0 Å². The van der Waals surface area contributed by atoms with E-state index in [0.29, 0.717) is 10.8 Å². The van der Waals surface area contributed by atoms with Crippen molar-refractivity contribution in [1.29, 1.82) is 0 Å². The number of alkyl halides is 3. The number of hydrogen-bond donors (Lipinski definition) is 0. The van der Waals surface area contributed by atoms with E-state index in [1.165, 1.54) is 0 Å². The highest BCUT2D eigenvalue weighted by Gasteiger charge is 2.29. The summed E-state index contributed by atoms with van der Waals surface area (Å²) in [6.45, 7) is -0.605. The Bertz CT molecular complexity index is 885. The average Bonchev–Trinajstić information content (AvgIpc) is 2.67. The van der Waals surface area contributed by atoms with Crippen LogP contribution < -0.4 is 15.3 Å². The van der Waals surface area contributed by atoms with Crippen LogP contribution in [0.1, 0.15) is 5.56 Å². The maximum atomic E-state index is 6.36. The normalized spacial score (nSPS) is 12.7. The van der Waals surface area contributed by atoms with Crippen molar-refractivity contribution in [2.75, 3.05) is 4.90 Å². The van der Waals surface area contributed by atoms with Gasteiger partial charge in [-0.25, -0.2) is 0 Å². The highest BCUT2D eigenvalue weighted by Crippen LogP contribution is 2.40. The van der Waals surface area contributed by atoms with Gasteiger partial charge >= 0.3 is 6.00 Å². The molecule has 0 N–H and O–H groups in total. The molecule has 0 saturated heterocycles. The smallest absolute Gasteiger partial charge is 0.311 e. The van der Waals surface area contributed by atoms with Gasteiger partial charge in [0.1, 0.15) is 0 Å². The third-order valence-electron chi connectivity index (χ3n) is 4.54. The second kappa shape index (κ2) is 9.83. The summed E-state index contributed by atoms with van der Waals surface area (Å²) in [6, 6.07) is 19.6. The molecule has 0 heterocycles. The van der Waals surface area contributed by atoms with E-state index in [1.54, 1.807) is 12.1 Å². The third-order valence-corrected chi connectivity index (χ3v) is 10.8. The van der Waals surface area contributed by atoms with Gasteiger partial charge in [0.15, 0.2) is 0 Å². The Morgan fingerprint density at radius 3 is 1.26 bits per heavy atom. The van der Waals surface area contributed by atoms with Gasteiger partial charge in [0, 0.05) is 22.6 Å². The van der Waals surface area contributed by atoms with Gasteiger partial charge in [-0.1, -0.05) is 71.2 Å². The first-order valence-corrected chi connectivity index (χ1v) is 19.6. The van der Waals surface area contributed by atoms with Crippen LogP contribution >= 0.6 is 90.2 Å². The molecule has 3 aromatic rings. The molecule has 0 radical (unpaired) electrons. The maximum absolute atomic E-state index is 6.36. The van der Waals surface area contributed by atoms with Crippen molar-refractivity contribution in [2.24, 2.45) is 0 Å². The number of halogens is 8. The number of anilines is 3. The Hall–Kier alpha value is 0.214. The van der Waals surface area contributed by atoms with E-state index in [0.717, 1.165) is 22.2 Å². The van der Waals surface area contributed by atoms with Gasteiger partial charge in [0.25, 0.3) is 6.69 Å². The van der Waals surface area contributed by atoms with Crippen molar-refractivity contribution < 1.29 is 0 Å². The predicted octanol–water partition coefficient (Wildman–Crippen LogP) is 8.60. The fourth-order valence-corrected chi connectivity index (χ4v) is 6.51. The Morgan fingerprint density at radius 1 is 0.581 bits per heavy atom. The zero-order valence-corrected chi connectivity index (χ0v) is 23.9. The molecule has 0 aromatic heterocycles. The summed E-state index contributed by atoms with van der Waals surface area (Å²) >= 11 is 49.2. The monoisotopic (exact) mass is 605 g/mol. The summed E-state index contributed by atoms with van der Waals surface area (Å²) in [7, 11) is 0. The molecule has 11 heteroatoms. The molecule has 0 aliphatic carbocycles. The SMILES string of the molecule is C[Si](Cl)(Cl)c1ccc(N(c2ccc(C(Cl)(Cl)Cl)cc2)c2ccc([Si](Cl)(Cl)Cl)cc2)cc1. The van der Waals surface area contributed by atoms with Crippen LogP contribution in [0.4, 0.5) is 17.1 Å². The lowest BCUT2D eigenvalue weighted by molar-refractivity contribution is 1.22. The molecular weight excluding hydrogens is 594 g/mol. The summed E-state index contributed by atoms with van der Waals surface area (Å²) in [5.74, 6) is 0. The molecule has 31 heavy (non-hydrogen) atoms. The van der Waals surface area contributed by atoms with Gasteiger partial charge in [-0.15, -0.1) is 55.4 Å². The van der Waals surface area contributed by atoms with E-state index in [-0.39, 0.29) is 0 Å². The molecule has 0 unspecified atom stereocenters. The first kappa shape index (κ1) is 25.8. The first-order valence-electron chi connectivity index (χ1n) is 8.90. The minimum atomic E-state index is -2.98. The maximum Gasteiger partial charge on any atom is 0.372 e. The quantitative estimate of drug-likeness (QED) is 0.159. The lowest BCUT2D eigenvalue weighted by Crippen LogP contribution is -2.32. The number of rotatable bonds is 5. The Morgan fingerprint density at radius 2 is 0.935 bits per heavy atom. The van der Waals surface area contributed by atoms with Crippen LogP contribution in [0.15, 0.2) is 72.8 Å². The fourth-order valence-electron chi connectivity index (χ4n) is 2.95. The van der Waals surface area contributed by atoms with Crippen LogP contribution in [0.2, 0.25) is 6.55 Å². The molecule has 0 aliphatic rings. The molecule has 1 nitrogen and oxygen atoms in total. The van der Waals surface area contributed by atoms with Gasteiger partial charge in [0.2, 0.25) is 3.79 Å². The second-order valence-corrected chi connectivity index (χ2v) is 25.0. The minimum Gasteiger partial charge on any atom is -0.311 e. The molecule has 0 amide bonds. The van der Waals surface area contributed by atoms with Gasteiger partial charge < -0.3 is 4.90 Å². The van der Waals surface area contributed by atoms with E-state index in [1.807, 2.05) is 72.1 Å². The molecule has 0 atom stereocenters. The van der Waals surface area contributed by atoms with Gasteiger partial charge in [-0.05, 0) is 53.3 Å². The Balaban J connectivity index is 2.08. The van der Waals surface area contributed by atoms with Crippen LogP contribution in [-0.2, 0) is 3.79 Å². The lowest BCUT2D eigenvalue weighted by Gasteiger charge is -2.27. The van der Waals surface area contributed by atoms with E-state index in [9.17, 15) is 0 Å². The highest BCUT2D eigenvalue weighted by molar-refractivity contribution is 7.69. The summed E-state index contributed by atoms with van der Waals surface area (Å²) in [4.78, 5) is 2.04. The van der Waals surface area contributed by atoms with E-state index >= 15 is 0 Å². The topological polar surface area (TPSA) is 3.24 Å².